The number of nitrogens with two attached hydrogens (primary N) is 1. The molecule has 0 unspecified atom stereocenters. The Hall–Kier alpha value is -2.46. The Morgan fingerprint density at radius 3 is 2.15 bits per heavy atom. The maximum atomic E-state index is 13.5. The van der Waals surface area contributed by atoms with Gasteiger partial charge in [0.2, 0.25) is 5.91 Å². The number of nitrogens with one attached hydrogen (secondary N) is 1. The first-order valence-corrected chi connectivity index (χ1v) is 15.0. The van der Waals surface area contributed by atoms with Crippen molar-refractivity contribution in [1.82, 2.24) is 19.8 Å². The van der Waals surface area contributed by atoms with Gasteiger partial charge in [-0.1, -0.05) is 23.2 Å². The SMILES string of the molecule is C1CCOCC1.CC(=O)N1CCC(c2nc(Nc3ccc(Cl)c(Cl)c3)c(C)c(C(=O)N3CCC(N)CC3)n2)CC1. The summed E-state index contributed by atoms with van der Waals surface area (Å²) in [5.74, 6) is 1.21. The minimum Gasteiger partial charge on any atom is -0.381 e. The molecule has 3 saturated heterocycles. The zero-order chi connectivity index (χ0) is 28.6. The van der Waals surface area contributed by atoms with Crippen molar-refractivity contribution in [3.05, 3.63) is 45.3 Å². The summed E-state index contributed by atoms with van der Waals surface area (Å²) in [7, 11) is 0. The number of halogens is 2. The van der Waals surface area contributed by atoms with Gasteiger partial charge in [0.1, 0.15) is 17.3 Å². The Morgan fingerprint density at radius 1 is 0.950 bits per heavy atom. The number of nitrogens with zero attached hydrogens (tertiary/aromatic N) is 4. The van der Waals surface area contributed by atoms with Gasteiger partial charge in [0.05, 0.1) is 10.0 Å². The molecule has 1 aromatic heterocycles. The fourth-order valence-electron chi connectivity index (χ4n) is 5.15. The first-order valence-electron chi connectivity index (χ1n) is 14.2. The molecule has 3 aliphatic rings. The van der Waals surface area contributed by atoms with Crippen LogP contribution in [0.25, 0.3) is 0 Å². The van der Waals surface area contributed by atoms with Crippen molar-refractivity contribution in [2.24, 2.45) is 5.73 Å². The van der Waals surface area contributed by atoms with Gasteiger partial charge in [-0.25, -0.2) is 9.97 Å². The number of hydrogen-bond acceptors (Lipinski definition) is 7. The number of piperidine rings is 2. The molecule has 2 amide bonds. The minimum absolute atomic E-state index is 0.0619. The number of anilines is 2. The second kappa shape index (κ2) is 14.4. The number of amides is 2. The number of aromatic nitrogens is 2. The van der Waals surface area contributed by atoms with Crippen LogP contribution < -0.4 is 11.1 Å². The Labute approximate surface area is 246 Å². The molecule has 0 bridgehead atoms. The number of hydrogen-bond donors (Lipinski definition) is 2. The number of rotatable bonds is 4. The van der Waals surface area contributed by atoms with Crippen molar-refractivity contribution in [2.45, 2.75) is 70.8 Å². The van der Waals surface area contributed by atoms with Crippen LogP contribution in [0.15, 0.2) is 18.2 Å². The first kappa shape index (κ1) is 30.5. The van der Waals surface area contributed by atoms with Crippen molar-refractivity contribution >= 4 is 46.5 Å². The van der Waals surface area contributed by atoms with E-state index in [1.54, 1.807) is 19.1 Å². The minimum atomic E-state index is -0.105. The van der Waals surface area contributed by atoms with Crippen molar-refractivity contribution in [3.63, 3.8) is 0 Å². The Bertz CT molecular complexity index is 1170. The molecule has 0 saturated carbocycles. The lowest BCUT2D eigenvalue weighted by atomic mass is 9.95. The van der Waals surface area contributed by atoms with E-state index in [0.717, 1.165) is 44.6 Å². The molecule has 4 heterocycles. The molecule has 0 radical (unpaired) electrons. The Kier molecular flexibility index (Phi) is 11.0. The number of benzene rings is 1. The molecular weight excluding hydrogens is 551 g/mol. The van der Waals surface area contributed by atoms with E-state index in [0.29, 0.717) is 59.1 Å². The van der Waals surface area contributed by atoms with E-state index in [1.807, 2.05) is 22.8 Å². The Morgan fingerprint density at radius 2 is 1.60 bits per heavy atom. The van der Waals surface area contributed by atoms with Crippen LogP contribution in [0.3, 0.4) is 0 Å². The molecule has 40 heavy (non-hydrogen) atoms. The van der Waals surface area contributed by atoms with Gasteiger partial charge in [0, 0.05) is 69.5 Å². The highest BCUT2D eigenvalue weighted by Crippen LogP contribution is 2.32. The van der Waals surface area contributed by atoms with Gasteiger partial charge in [-0.3, -0.25) is 9.59 Å². The van der Waals surface area contributed by atoms with Crippen LogP contribution in [0, 0.1) is 6.92 Å². The third-order valence-electron chi connectivity index (χ3n) is 7.76. The smallest absolute Gasteiger partial charge is 0.272 e. The third kappa shape index (κ3) is 8.06. The fraction of sp³-hybridized carbons (Fsp3) is 0.586. The monoisotopic (exact) mass is 590 g/mol. The molecule has 3 N–H and O–H groups in total. The van der Waals surface area contributed by atoms with Gasteiger partial charge < -0.3 is 25.6 Å². The van der Waals surface area contributed by atoms with Crippen LogP contribution in [-0.2, 0) is 9.53 Å². The lowest BCUT2D eigenvalue weighted by Crippen LogP contribution is -2.43. The zero-order valence-corrected chi connectivity index (χ0v) is 24.9. The standard InChI is InChI=1S/C24H30Cl2N6O2.C5H10O/c1-14-21(24(34)32-11-7-17(27)8-12-32)29-23(16-5-9-31(10-6-16)15(2)33)30-22(14)28-18-3-4-19(25)20(26)13-18;1-2-4-6-5-3-1/h3-4,13,16-17H,5-12,27H2,1-2H3,(H,28,29,30);1-5H2. The van der Waals surface area contributed by atoms with Crippen LogP contribution in [0.2, 0.25) is 10.0 Å². The molecule has 9 nitrogen and oxygen atoms in total. The normalized spacial score (nSPS) is 18.6. The zero-order valence-electron chi connectivity index (χ0n) is 23.4. The molecule has 2 aromatic rings. The average Bonchev–Trinajstić information content (AvgIpc) is 2.97. The highest BCUT2D eigenvalue weighted by atomic mass is 35.5. The van der Waals surface area contributed by atoms with Crippen LogP contribution >= 0.6 is 23.2 Å². The summed E-state index contributed by atoms with van der Waals surface area (Å²) in [5, 5.41) is 4.19. The predicted molar refractivity (Wildman–Crippen MR) is 159 cm³/mol. The lowest BCUT2D eigenvalue weighted by Gasteiger charge is -2.32. The number of ether oxygens (including phenoxy) is 1. The van der Waals surface area contributed by atoms with E-state index < -0.39 is 0 Å². The molecule has 3 aliphatic heterocycles. The van der Waals surface area contributed by atoms with Crippen LogP contribution in [0.1, 0.15) is 79.7 Å². The molecule has 0 atom stereocenters. The van der Waals surface area contributed by atoms with E-state index in [9.17, 15) is 9.59 Å². The molecule has 1 aromatic carbocycles. The van der Waals surface area contributed by atoms with Crippen LogP contribution in [0.4, 0.5) is 11.5 Å². The van der Waals surface area contributed by atoms with Crippen molar-refractivity contribution in [2.75, 3.05) is 44.7 Å². The summed E-state index contributed by atoms with van der Waals surface area (Å²) in [6.45, 7) is 7.98. The summed E-state index contributed by atoms with van der Waals surface area (Å²) in [6.07, 6.45) is 6.99. The van der Waals surface area contributed by atoms with Gasteiger partial charge in [-0.05, 0) is 70.1 Å². The highest BCUT2D eigenvalue weighted by molar-refractivity contribution is 6.42. The summed E-state index contributed by atoms with van der Waals surface area (Å²) in [4.78, 5) is 38.5. The molecule has 11 heteroatoms. The van der Waals surface area contributed by atoms with Gasteiger partial charge in [-0.15, -0.1) is 0 Å². The average molecular weight is 592 g/mol. The van der Waals surface area contributed by atoms with E-state index in [2.05, 4.69) is 5.32 Å². The topological polar surface area (TPSA) is 114 Å². The van der Waals surface area contributed by atoms with Crippen molar-refractivity contribution in [1.29, 1.82) is 0 Å². The van der Waals surface area contributed by atoms with Crippen LogP contribution in [0.5, 0.6) is 0 Å². The first-order chi connectivity index (χ1) is 19.2. The van der Waals surface area contributed by atoms with Crippen molar-refractivity contribution < 1.29 is 14.3 Å². The second-order valence-electron chi connectivity index (χ2n) is 10.7. The molecular formula is C29H40Cl2N6O3. The van der Waals surface area contributed by atoms with E-state index >= 15 is 0 Å². The summed E-state index contributed by atoms with van der Waals surface area (Å²) >= 11 is 12.3. The van der Waals surface area contributed by atoms with Gasteiger partial charge in [0.15, 0.2) is 0 Å². The number of carbonyl (C=O) groups is 2. The number of carbonyl (C=O) groups excluding carboxylic acids is 2. The Balaban J connectivity index is 0.000000546. The summed E-state index contributed by atoms with van der Waals surface area (Å²) in [5.41, 5.74) is 7.83. The van der Waals surface area contributed by atoms with Crippen LogP contribution in [-0.4, -0.2) is 77.0 Å². The summed E-state index contributed by atoms with van der Waals surface area (Å²) in [6, 6.07) is 5.38. The van der Waals surface area contributed by atoms with E-state index in [4.69, 9.17) is 43.6 Å². The quantitative estimate of drug-likeness (QED) is 0.495. The maximum absolute atomic E-state index is 13.5. The highest BCUT2D eigenvalue weighted by Gasteiger charge is 2.29. The lowest BCUT2D eigenvalue weighted by molar-refractivity contribution is -0.129. The third-order valence-corrected chi connectivity index (χ3v) is 8.50. The van der Waals surface area contributed by atoms with E-state index in [-0.39, 0.29) is 23.8 Å². The van der Waals surface area contributed by atoms with Gasteiger partial charge >= 0.3 is 0 Å². The van der Waals surface area contributed by atoms with Gasteiger partial charge in [0.25, 0.3) is 5.91 Å². The second-order valence-corrected chi connectivity index (χ2v) is 11.6. The maximum Gasteiger partial charge on any atom is 0.272 e. The predicted octanol–water partition coefficient (Wildman–Crippen LogP) is 5.31. The largest absolute Gasteiger partial charge is 0.381 e. The fourth-order valence-corrected chi connectivity index (χ4v) is 5.45. The molecule has 5 rings (SSSR count). The molecule has 218 valence electrons. The van der Waals surface area contributed by atoms with Crippen molar-refractivity contribution in [3.8, 4) is 0 Å². The molecule has 0 aliphatic carbocycles. The molecule has 0 spiro atoms. The summed E-state index contributed by atoms with van der Waals surface area (Å²) < 4.78 is 5.07. The van der Waals surface area contributed by atoms with E-state index in [1.165, 1.54) is 19.3 Å². The van der Waals surface area contributed by atoms with Gasteiger partial charge in [-0.2, -0.15) is 0 Å². The number of likely N-dealkylation sites (tertiary alicyclic amines) is 2. The molecule has 3 fully saturated rings.